The fraction of sp³-hybridized carbons (Fsp3) is 0.533. The minimum Gasteiger partial charge on any atom is -0.436 e. The van der Waals surface area contributed by atoms with Crippen molar-refractivity contribution in [3.8, 4) is 0 Å². The van der Waals surface area contributed by atoms with E-state index in [1.807, 2.05) is 0 Å². The second-order valence-electron chi connectivity index (χ2n) is 5.81. The van der Waals surface area contributed by atoms with Gasteiger partial charge in [0.2, 0.25) is 5.76 Å². The van der Waals surface area contributed by atoms with E-state index in [9.17, 15) is 18.0 Å². The third-order valence-corrected chi connectivity index (χ3v) is 3.40. The van der Waals surface area contributed by atoms with Gasteiger partial charge >= 0.3 is 6.18 Å². The largest absolute Gasteiger partial charge is 0.436 e. The molecule has 1 atom stereocenters. The van der Waals surface area contributed by atoms with Crippen LogP contribution >= 0.6 is 0 Å². The van der Waals surface area contributed by atoms with E-state index < -0.39 is 17.8 Å². The molecule has 24 heavy (non-hydrogen) atoms. The molecule has 0 aromatic carbocycles. The van der Waals surface area contributed by atoms with Gasteiger partial charge in [-0.15, -0.1) is 0 Å². The maximum atomic E-state index is 12.9. The van der Waals surface area contributed by atoms with Crippen molar-refractivity contribution >= 4 is 5.91 Å². The van der Waals surface area contributed by atoms with Crippen molar-refractivity contribution in [2.45, 2.75) is 40.4 Å². The number of amides is 1. The minimum absolute atomic E-state index is 0.0391. The lowest BCUT2D eigenvalue weighted by Gasteiger charge is -2.15. The van der Waals surface area contributed by atoms with Crippen molar-refractivity contribution in [3.05, 3.63) is 34.8 Å². The van der Waals surface area contributed by atoms with Crippen LogP contribution in [0.3, 0.4) is 0 Å². The Morgan fingerprint density at radius 3 is 2.58 bits per heavy atom. The highest BCUT2D eigenvalue weighted by Crippen LogP contribution is 2.30. The number of nitrogens with one attached hydrogen (secondary N) is 1. The summed E-state index contributed by atoms with van der Waals surface area (Å²) in [6, 6.07) is 1.01. The molecule has 132 valence electrons. The number of carbonyl (C=O) groups excluding carboxylic acids is 1. The number of hydrogen-bond acceptors (Lipinski definition) is 4. The molecule has 0 aliphatic carbocycles. The number of aromatic nitrogens is 3. The summed E-state index contributed by atoms with van der Waals surface area (Å²) in [5.74, 6) is -0.190. The molecule has 0 spiro atoms. The van der Waals surface area contributed by atoms with Gasteiger partial charge in [0.15, 0.2) is 5.89 Å². The van der Waals surface area contributed by atoms with E-state index in [1.54, 1.807) is 20.8 Å². The molecular weight excluding hydrogens is 325 g/mol. The maximum absolute atomic E-state index is 12.9. The summed E-state index contributed by atoms with van der Waals surface area (Å²) < 4.78 is 45.0. The smallest absolute Gasteiger partial charge is 0.433 e. The Hall–Kier alpha value is -2.32. The van der Waals surface area contributed by atoms with Gasteiger partial charge in [-0.2, -0.15) is 18.3 Å². The second kappa shape index (κ2) is 6.66. The Balaban J connectivity index is 1.98. The summed E-state index contributed by atoms with van der Waals surface area (Å²) in [6.07, 6.45) is -4.46. The number of carbonyl (C=O) groups is 1. The van der Waals surface area contributed by atoms with Gasteiger partial charge in [-0.3, -0.25) is 9.48 Å². The summed E-state index contributed by atoms with van der Waals surface area (Å²) in [5.41, 5.74) is -0.0223. The summed E-state index contributed by atoms with van der Waals surface area (Å²) in [6.45, 7) is 6.75. The molecular formula is C15H19F3N4O2. The molecule has 0 fully saturated rings. The summed E-state index contributed by atoms with van der Waals surface area (Å²) in [5, 5.41) is 6.52. The third kappa shape index (κ3) is 4.15. The normalized spacial score (nSPS) is 13.1. The highest BCUT2D eigenvalue weighted by Gasteiger charge is 2.35. The highest BCUT2D eigenvalue weighted by molar-refractivity contribution is 5.92. The van der Waals surface area contributed by atoms with Gasteiger partial charge < -0.3 is 9.73 Å². The standard InChI is InChI=1S/C15H19F3N4O2/c1-8(6-19-14(23)13-10(3)20-11(4)24-13)7-22-12(15(16,17)18)5-9(2)21-22/h5,8H,6-7H2,1-4H3,(H,19,23)/t8-/m0/s1. The van der Waals surface area contributed by atoms with E-state index in [0.717, 1.165) is 10.7 Å². The summed E-state index contributed by atoms with van der Waals surface area (Å²) in [4.78, 5) is 16.0. The molecule has 2 aromatic rings. The first-order valence-electron chi connectivity index (χ1n) is 7.41. The zero-order valence-electron chi connectivity index (χ0n) is 13.9. The van der Waals surface area contributed by atoms with Crippen LogP contribution in [0.25, 0.3) is 0 Å². The molecule has 0 saturated carbocycles. The van der Waals surface area contributed by atoms with Gasteiger partial charge in [0, 0.05) is 20.0 Å². The van der Waals surface area contributed by atoms with Gasteiger partial charge in [0.25, 0.3) is 5.91 Å². The molecule has 1 amide bonds. The summed E-state index contributed by atoms with van der Waals surface area (Å²) >= 11 is 0. The van der Waals surface area contributed by atoms with Gasteiger partial charge in [-0.05, 0) is 25.8 Å². The fourth-order valence-corrected chi connectivity index (χ4v) is 2.36. The minimum atomic E-state index is -4.46. The molecule has 0 radical (unpaired) electrons. The third-order valence-electron chi connectivity index (χ3n) is 3.40. The summed E-state index contributed by atoms with van der Waals surface area (Å²) in [7, 11) is 0. The van der Waals surface area contributed by atoms with Crippen LogP contribution in [-0.4, -0.2) is 27.2 Å². The highest BCUT2D eigenvalue weighted by atomic mass is 19.4. The van der Waals surface area contributed by atoms with Gasteiger partial charge in [-0.25, -0.2) is 4.98 Å². The van der Waals surface area contributed by atoms with Crippen molar-refractivity contribution in [1.29, 1.82) is 0 Å². The molecule has 0 unspecified atom stereocenters. The molecule has 6 nitrogen and oxygen atoms in total. The number of hydrogen-bond donors (Lipinski definition) is 1. The van der Waals surface area contributed by atoms with E-state index in [-0.39, 0.29) is 24.8 Å². The lowest BCUT2D eigenvalue weighted by molar-refractivity contribution is -0.144. The second-order valence-corrected chi connectivity index (χ2v) is 5.81. The first kappa shape index (κ1) is 18.0. The number of oxazole rings is 1. The van der Waals surface area contributed by atoms with Crippen molar-refractivity contribution in [2.75, 3.05) is 6.54 Å². The molecule has 0 bridgehead atoms. The van der Waals surface area contributed by atoms with Crippen molar-refractivity contribution in [3.63, 3.8) is 0 Å². The van der Waals surface area contributed by atoms with Crippen LogP contribution in [-0.2, 0) is 12.7 Å². The Morgan fingerprint density at radius 2 is 2.04 bits per heavy atom. The van der Waals surface area contributed by atoms with E-state index in [4.69, 9.17) is 4.42 Å². The maximum Gasteiger partial charge on any atom is 0.433 e. The van der Waals surface area contributed by atoms with Gasteiger partial charge in [-0.1, -0.05) is 6.92 Å². The van der Waals surface area contributed by atoms with E-state index in [0.29, 0.717) is 17.3 Å². The predicted molar refractivity (Wildman–Crippen MR) is 79.4 cm³/mol. The molecule has 0 saturated heterocycles. The Kier molecular flexibility index (Phi) is 5.00. The topological polar surface area (TPSA) is 73.0 Å². The zero-order valence-corrected chi connectivity index (χ0v) is 13.9. The Bertz CT molecular complexity index is 734. The number of alkyl halides is 3. The molecule has 0 aliphatic rings. The monoisotopic (exact) mass is 344 g/mol. The number of halogens is 3. The van der Waals surface area contributed by atoms with Crippen LogP contribution < -0.4 is 5.32 Å². The predicted octanol–water partition coefficient (Wildman–Crippen LogP) is 2.88. The number of rotatable bonds is 5. The first-order chi connectivity index (χ1) is 11.1. The average molecular weight is 344 g/mol. The molecule has 2 aromatic heterocycles. The first-order valence-corrected chi connectivity index (χ1v) is 7.41. The lowest BCUT2D eigenvalue weighted by atomic mass is 10.1. The van der Waals surface area contributed by atoms with Crippen molar-refractivity contribution < 1.29 is 22.4 Å². The molecule has 1 N–H and O–H groups in total. The molecule has 2 rings (SSSR count). The van der Waals surface area contributed by atoms with Crippen LogP contribution in [0.1, 0.15) is 40.5 Å². The molecule has 9 heteroatoms. The zero-order chi connectivity index (χ0) is 18.1. The molecule has 0 aliphatic heterocycles. The number of nitrogens with zero attached hydrogens (tertiary/aromatic N) is 3. The van der Waals surface area contributed by atoms with Crippen LogP contribution in [0.15, 0.2) is 10.5 Å². The van der Waals surface area contributed by atoms with Crippen LogP contribution in [0.5, 0.6) is 0 Å². The Labute approximate surface area is 137 Å². The van der Waals surface area contributed by atoms with Crippen LogP contribution in [0, 0.1) is 26.7 Å². The van der Waals surface area contributed by atoms with E-state index >= 15 is 0 Å². The van der Waals surface area contributed by atoms with Crippen molar-refractivity contribution in [1.82, 2.24) is 20.1 Å². The van der Waals surface area contributed by atoms with E-state index in [1.165, 1.54) is 6.92 Å². The van der Waals surface area contributed by atoms with E-state index in [2.05, 4.69) is 15.4 Å². The van der Waals surface area contributed by atoms with Gasteiger partial charge in [0.05, 0.1) is 11.4 Å². The fourth-order valence-electron chi connectivity index (χ4n) is 2.36. The van der Waals surface area contributed by atoms with Crippen LogP contribution in [0.2, 0.25) is 0 Å². The SMILES string of the molecule is Cc1cc(C(F)(F)F)n(C[C@@H](C)CNC(=O)c2oc(C)nc2C)n1. The Morgan fingerprint density at radius 1 is 1.38 bits per heavy atom. The molecule has 2 heterocycles. The lowest BCUT2D eigenvalue weighted by Crippen LogP contribution is -2.31. The van der Waals surface area contributed by atoms with Crippen molar-refractivity contribution in [2.24, 2.45) is 5.92 Å². The van der Waals surface area contributed by atoms with Crippen LogP contribution in [0.4, 0.5) is 13.2 Å². The van der Waals surface area contributed by atoms with Gasteiger partial charge in [0.1, 0.15) is 5.69 Å². The average Bonchev–Trinajstić information content (AvgIpc) is 2.98. The quantitative estimate of drug-likeness (QED) is 0.905. The number of aryl methyl sites for hydroxylation is 3.